The molecule has 0 aliphatic heterocycles. The van der Waals surface area contributed by atoms with Gasteiger partial charge in [-0.3, -0.25) is 0 Å². The predicted octanol–water partition coefficient (Wildman–Crippen LogP) is 7.63. The van der Waals surface area contributed by atoms with E-state index in [1.54, 1.807) is 0 Å². The van der Waals surface area contributed by atoms with Crippen molar-refractivity contribution < 1.29 is 18.3 Å². The van der Waals surface area contributed by atoms with E-state index in [9.17, 15) is 8.78 Å². The van der Waals surface area contributed by atoms with Crippen molar-refractivity contribution >= 4 is 0 Å². The molecule has 2 aliphatic rings. The van der Waals surface area contributed by atoms with Crippen LogP contribution in [0.25, 0.3) is 0 Å². The highest BCUT2D eigenvalue weighted by Crippen LogP contribution is 2.37. The molecule has 4 heteroatoms. The van der Waals surface area contributed by atoms with E-state index >= 15 is 0 Å². The lowest BCUT2D eigenvalue weighted by molar-refractivity contribution is -0.124. The number of hydrogen-bond donors (Lipinski definition) is 0. The molecular formula is C27H46F2O2. The van der Waals surface area contributed by atoms with Crippen LogP contribution in [0.1, 0.15) is 84.5 Å². The number of allylic oxidation sites excluding steroid dienone is 2. The van der Waals surface area contributed by atoms with Crippen LogP contribution in [-0.4, -0.2) is 37.8 Å². The van der Waals surface area contributed by atoms with Gasteiger partial charge in [0.25, 0.3) is 0 Å². The van der Waals surface area contributed by atoms with E-state index in [0.717, 1.165) is 37.5 Å². The van der Waals surface area contributed by atoms with Crippen LogP contribution in [0.5, 0.6) is 0 Å². The molecule has 0 heterocycles. The van der Waals surface area contributed by atoms with Gasteiger partial charge in [-0.05, 0) is 94.3 Å². The van der Waals surface area contributed by atoms with Gasteiger partial charge in [0.2, 0.25) is 0 Å². The fourth-order valence-electron chi connectivity index (χ4n) is 5.25. The smallest absolute Gasteiger partial charge is 0.160 e. The summed E-state index contributed by atoms with van der Waals surface area (Å²) in [6.07, 6.45) is 10.7. The zero-order chi connectivity index (χ0) is 22.6. The molecule has 2 aliphatic carbocycles. The van der Waals surface area contributed by atoms with Gasteiger partial charge in [0.15, 0.2) is 12.3 Å². The van der Waals surface area contributed by atoms with Gasteiger partial charge in [-0.2, -0.15) is 0 Å². The van der Waals surface area contributed by atoms with Crippen molar-refractivity contribution in [2.24, 2.45) is 23.7 Å². The number of unbranched alkanes of at least 4 members (excludes halogenated alkanes) is 1. The minimum atomic E-state index is -1.58. The van der Waals surface area contributed by atoms with Crippen LogP contribution in [0.4, 0.5) is 8.78 Å². The summed E-state index contributed by atoms with van der Waals surface area (Å²) in [5, 5.41) is 0. The van der Waals surface area contributed by atoms with E-state index in [2.05, 4.69) is 33.1 Å². The number of alkyl halides is 2. The van der Waals surface area contributed by atoms with Gasteiger partial charge in [0, 0.05) is 13.2 Å². The summed E-state index contributed by atoms with van der Waals surface area (Å²) in [7, 11) is 0. The average Bonchev–Trinajstić information content (AvgIpc) is 2.79. The Hall–Kier alpha value is -0.740. The van der Waals surface area contributed by atoms with Crippen molar-refractivity contribution in [3.05, 3.63) is 25.3 Å². The summed E-state index contributed by atoms with van der Waals surface area (Å²) in [6, 6.07) is 0. The second kappa shape index (κ2) is 14.4. The summed E-state index contributed by atoms with van der Waals surface area (Å²) in [5.41, 5.74) is 0. The Kier molecular flexibility index (Phi) is 12.3. The standard InChI is InChI=1S/C27H46F2O2/c1-5-8-9-18-30-24-16-17-25(27(29)26(24)28)31-19-22-12-14-23(15-13-22)20(4)10-11-21(6-2)7-3/h5-6,20-27H,1-2,7-19H2,3-4H3. The third-order valence-corrected chi connectivity index (χ3v) is 7.73. The Morgan fingerprint density at radius 1 is 0.935 bits per heavy atom. The molecule has 0 radical (unpaired) electrons. The van der Waals surface area contributed by atoms with Crippen molar-refractivity contribution in [3.8, 4) is 0 Å². The molecule has 2 saturated carbocycles. The zero-order valence-electron chi connectivity index (χ0n) is 20.0. The first kappa shape index (κ1) is 26.5. The highest BCUT2D eigenvalue weighted by molar-refractivity contribution is 4.90. The molecule has 6 unspecified atom stereocenters. The summed E-state index contributed by atoms with van der Waals surface area (Å²) < 4.78 is 40.6. The SMILES string of the molecule is C=CCCCOC1CCC(OCC2CCC(C(C)CCC(C=C)CC)CC2)C(F)C1F. The van der Waals surface area contributed by atoms with Gasteiger partial charge < -0.3 is 9.47 Å². The molecule has 0 bridgehead atoms. The zero-order valence-corrected chi connectivity index (χ0v) is 20.0. The summed E-state index contributed by atoms with van der Waals surface area (Å²) >= 11 is 0. The summed E-state index contributed by atoms with van der Waals surface area (Å²) in [6.45, 7) is 13.3. The maximum atomic E-state index is 14.6. The monoisotopic (exact) mass is 440 g/mol. The molecule has 0 amide bonds. The van der Waals surface area contributed by atoms with Crippen LogP contribution < -0.4 is 0 Å². The highest BCUT2D eigenvalue weighted by Gasteiger charge is 2.41. The molecule has 0 saturated heterocycles. The van der Waals surface area contributed by atoms with E-state index in [4.69, 9.17) is 9.47 Å². The number of rotatable bonds is 14. The maximum absolute atomic E-state index is 14.6. The quantitative estimate of drug-likeness (QED) is 0.204. The lowest BCUT2D eigenvalue weighted by Gasteiger charge is -2.36. The second-order valence-corrected chi connectivity index (χ2v) is 9.92. The fraction of sp³-hybridized carbons (Fsp3) is 0.852. The molecule has 0 spiro atoms. The van der Waals surface area contributed by atoms with E-state index < -0.39 is 24.6 Å². The fourth-order valence-corrected chi connectivity index (χ4v) is 5.25. The van der Waals surface area contributed by atoms with Crippen molar-refractivity contribution in [2.45, 2.75) is 109 Å². The van der Waals surface area contributed by atoms with E-state index in [1.165, 1.54) is 32.1 Å². The number of hydrogen-bond acceptors (Lipinski definition) is 2. The van der Waals surface area contributed by atoms with Crippen LogP contribution in [0.3, 0.4) is 0 Å². The average molecular weight is 441 g/mol. The van der Waals surface area contributed by atoms with Gasteiger partial charge >= 0.3 is 0 Å². The Balaban J connectivity index is 1.64. The van der Waals surface area contributed by atoms with Gasteiger partial charge in [0.05, 0.1) is 12.2 Å². The maximum Gasteiger partial charge on any atom is 0.160 e. The summed E-state index contributed by atoms with van der Waals surface area (Å²) in [5.74, 6) is 2.67. The Morgan fingerprint density at radius 2 is 1.58 bits per heavy atom. The van der Waals surface area contributed by atoms with Gasteiger partial charge in [-0.1, -0.05) is 26.0 Å². The number of ether oxygens (including phenoxy) is 2. The lowest BCUT2D eigenvalue weighted by Crippen LogP contribution is -2.47. The van der Waals surface area contributed by atoms with Gasteiger partial charge in [-0.25, -0.2) is 8.78 Å². The Labute approximate surface area is 189 Å². The topological polar surface area (TPSA) is 18.5 Å². The molecule has 0 N–H and O–H groups in total. The van der Waals surface area contributed by atoms with Crippen LogP contribution >= 0.6 is 0 Å². The molecule has 2 nitrogen and oxygen atoms in total. The predicted molar refractivity (Wildman–Crippen MR) is 126 cm³/mol. The van der Waals surface area contributed by atoms with Crippen LogP contribution in [0.2, 0.25) is 0 Å². The molecule has 0 aromatic heterocycles. The molecule has 0 aromatic carbocycles. The normalized spacial score (nSPS) is 33.5. The van der Waals surface area contributed by atoms with Crippen molar-refractivity contribution in [3.63, 3.8) is 0 Å². The van der Waals surface area contributed by atoms with E-state index in [-0.39, 0.29) is 0 Å². The van der Waals surface area contributed by atoms with Crippen molar-refractivity contribution in [2.75, 3.05) is 13.2 Å². The lowest BCUT2D eigenvalue weighted by atomic mass is 9.74. The first-order valence-corrected chi connectivity index (χ1v) is 12.7. The minimum absolute atomic E-state index is 0.462. The van der Waals surface area contributed by atoms with Crippen molar-refractivity contribution in [1.82, 2.24) is 0 Å². The van der Waals surface area contributed by atoms with E-state index in [0.29, 0.717) is 37.9 Å². The molecule has 2 rings (SSSR count). The largest absolute Gasteiger partial charge is 0.375 e. The Morgan fingerprint density at radius 3 is 2.16 bits per heavy atom. The van der Waals surface area contributed by atoms with E-state index in [1.807, 2.05) is 6.08 Å². The first-order valence-electron chi connectivity index (χ1n) is 12.7. The molecule has 6 atom stereocenters. The molecule has 2 fully saturated rings. The molecule has 180 valence electrons. The third-order valence-electron chi connectivity index (χ3n) is 7.73. The molecule has 31 heavy (non-hydrogen) atoms. The van der Waals surface area contributed by atoms with Crippen LogP contribution in [0.15, 0.2) is 25.3 Å². The molecular weight excluding hydrogens is 394 g/mol. The van der Waals surface area contributed by atoms with Crippen LogP contribution in [-0.2, 0) is 9.47 Å². The second-order valence-electron chi connectivity index (χ2n) is 9.92. The molecule has 0 aromatic rings. The van der Waals surface area contributed by atoms with Crippen molar-refractivity contribution in [1.29, 1.82) is 0 Å². The highest BCUT2D eigenvalue weighted by atomic mass is 19.2. The summed E-state index contributed by atoms with van der Waals surface area (Å²) in [4.78, 5) is 0. The number of halogens is 2. The third kappa shape index (κ3) is 8.61. The van der Waals surface area contributed by atoms with Gasteiger partial charge in [-0.15, -0.1) is 13.2 Å². The van der Waals surface area contributed by atoms with Gasteiger partial charge in [0.1, 0.15) is 0 Å². The van der Waals surface area contributed by atoms with Crippen LogP contribution in [0, 0.1) is 23.7 Å². The first-order chi connectivity index (χ1) is 15.0. The minimum Gasteiger partial charge on any atom is -0.375 e. The Bertz CT molecular complexity index is 503.